The van der Waals surface area contributed by atoms with Crippen LogP contribution < -0.4 is 15.4 Å². The maximum Gasteiger partial charge on any atom is 0.335 e. The summed E-state index contributed by atoms with van der Waals surface area (Å²) in [5, 5.41) is 14.4. The first-order valence-electron chi connectivity index (χ1n) is 9.34. The van der Waals surface area contributed by atoms with E-state index in [1.54, 1.807) is 30.6 Å². The number of carbonyl (C=O) groups is 2. The Morgan fingerprint density at radius 2 is 1.72 bits per heavy atom. The average molecular weight is 452 g/mol. The van der Waals surface area contributed by atoms with Gasteiger partial charge in [-0.2, -0.15) is 0 Å². The number of carbonyl (C=O) groups excluding carboxylic acids is 1. The summed E-state index contributed by atoms with van der Waals surface area (Å²) < 4.78 is 27.9. The summed E-state index contributed by atoms with van der Waals surface area (Å²) in [5.41, 5.74) is 1.25. The lowest BCUT2D eigenvalue weighted by Gasteiger charge is -2.13. The van der Waals surface area contributed by atoms with E-state index in [2.05, 4.69) is 26.9 Å². The first kappa shape index (κ1) is 22.5. The van der Waals surface area contributed by atoms with Crippen molar-refractivity contribution in [3.63, 3.8) is 0 Å². The van der Waals surface area contributed by atoms with Crippen molar-refractivity contribution in [1.82, 2.24) is 10.3 Å². The lowest BCUT2D eigenvalue weighted by atomic mass is 10.1. The number of pyridine rings is 1. The van der Waals surface area contributed by atoms with Crippen LogP contribution in [0.2, 0.25) is 0 Å². The van der Waals surface area contributed by atoms with Gasteiger partial charge >= 0.3 is 12.0 Å². The number of nitrogens with one attached hydrogen (secondary N) is 3. The Balaban J connectivity index is 1.67. The van der Waals surface area contributed by atoms with E-state index in [1.807, 2.05) is 6.07 Å². The molecule has 0 radical (unpaired) electrons. The van der Waals surface area contributed by atoms with E-state index in [0.717, 1.165) is 5.56 Å². The van der Waals surface area contributed by atoms with E-state index in [4.69, 9.17) is 5.11 Å². The molecule has 0 bridgehead atoms. The molecular formula is C22H20N4O5S. The molecule has 2 aromatic carbocycles. The predicted molar refractivity (Wildman–Crippen MR) is 120 cm³/mol. The number of sulfonamides is 1. The lowest BCUT2D eigenvalue weighted by Crippen LogP contribution is -2.28. The van der Waals surface area contributed by atoms with Crippen LogP contribution in [0.5, 0.6) is 0 Å². The molecule has 32 heavy (non-hydrogen) atoms. The molecule has 3 aromatic rings. The van der Waals surface area contributed by atoms with Crippen LogP contribution in [0.25, 0.3) is 5.57 Å². The highest BCUT2D eigenvalue weighted by molar-refractivity contribution is 7.92. The number of rotatable bonds is 8. The topological polar surface area (TPSA) is 137 Å². The van der Waals surface area contributed by atoms with Gasteiger partial charge in [-0.1, -0.05) is 30.8 Å². The molecule has 10 heteroatoms. The molecule has 0 aliphatic rings. The number of aliphatic carboxylic acids is 1. The summed E-state index contributed by atoms with van der Waals surface area (Å²) in [4.78, 5) is 27.2. The fourth-order valence-corrected chi connectivity index (χ4v) is 3.81. The van der Waals surface area contributed by atoms with Crippen LogP contribution in [0, 0.1) is 0 Å². The van der Waals surface area contributed by atoms with Crippen LogP contribution in [0.15, 0.2) is 84.5 Å². The molecule has 0 saturated carbocycles. The summed E-state index contributed by atoms with van der Waals surface area (Å²) in [6.45, 7) is 3.77. The molecule has 1 aromatic heterocycles. The lowest BCUT2D eigenvalue weighted by molar-refractivity contribution is -0.130. The van der Waals surface area contributed by atoms with Crippen LogP contribution in [-0.4, -0.2) is 30.5 Å². The average Bonchev–Trinajstić information content (AvgIpc) is 2.78. The van der Waals surface area contributed by atoms with Crippen molar-refractivity contribution in [3.05, 3.63) is 90.8 Å². The van der Waals surface area contributed by atoms with Gasteiger partial charge in [0.25, 0.3) is 10.0 Å². The highest BCUT2D eigenvalue weighted by atomic mass is 32.2. The number of urea groups is 1. The second-order valence-electron chi connectivity index (χ2n) is 6.63. The van der Waals surface area contributed by atoms with Gasteiger partial charge < -0.3 is 15.7 Å². The Morgan fingerprint density at radius 3 is 2.38 bits per heavy atom. The van der Waals surface area contributed by atoms with E-state index < -0.39 is 22.0 Å². The van der Waals surface area contributed by atoms with Gasteiger partial charge in [-0.15, -0.1) is 0 Å². The number of aromatic nitrogens is 1. The van der Waals surface area contributed by atoms with Gasteiger partial charge in [0.2, 0.25) is 0 Å². The Labute approximate surface area is 184 Å². The zero-order valence-electron chi connectivity index (χ0n) is 16.8. The fourth-order valence-electron chi connectivity index (χ4n) is 2.73. The zero-order chi connectivity index (χ0) is 23.1. The standard InChI is InChI=1S/C22H20N4O5S/c1-15(21(27)28)19-6-2-3-7-20(19)26-32(30,31)18-10-8-17(9-11-18)25-22(29)24-14-16-5-4-12-23-13-16/h2-13,26H,1,14H2,(H,27,28)(H2,24,25,29). The molecule has 0 atom stereocenters. The first-order valence-corrected chi connectivity index (χ1v) is 10.8. The van der Waals surface area contributed by atoms with Crippen LogP contribution >= 0.6 is 0 Å². The van der Waals surface area contributed by atoms with Gasteiger partial charge in [0.15, 0.2) is 0 Å². The Morgan fingerprint density at radius 1 is 1.00 bits per heavy atom. The largest absolute Gasteiger partial charge is 0.478 e. The number of hydrogen-bond acceptors (Lipinski definition) is 5. The summed E-state index contributed by atoms with van der Waals surface area (Å²) in [7, 11) is -4.01. The molecule has 0 spiro atoms. The van der Waals surface area contributed by atoms with Crippen molar-refractivity contribution in [2.45, 2.75) is 11.4 Å². The normalized spacial score (nSPS) is 10.8. The quantitative estimate of drug-likeness (QED) is 0.387. The van der Waals surface area contributed by atoms with Crippen molar-refractivity contribution < 1.29 is 23.1 Å². The minimum atomic E-state index is -4.01. The van der Waals surface area contributed by atoms with Crippen LogP contribution in [0.1, 0.15) is 11.1 Å². The molecule has 0 saturated heterocycles. The van der Waals surface area contributed by atoms with Crippen molar-refractivity contribution >= 4 is 39.0 Å². The second kappa shape index (κ2) is 9.75. The SMILES string of the molecule is C=C(C(=O)O)c1ccccc1NS(=O)(=O)c1ccc(NC(=O)NCc2cccnc2)cc1. The Hall–Kier alpha value is -4.18. The number of amides is 2. The van der Waals surface area contributed by atoms with Gasteiger partial charge in [-0.25, -0.2) is 18.0 Å². The third-order valence-corrected chi connectivity index (χ3v) is 5.73. The number of para-hydroxylation sites is 1. The van der Waals surface area contributed by atoms with E-state index in [9.17, 15) is 18.0 Å². The Kier molecular flexibility index (Phi) is 6.86. The molecule has 164 valence electrons. The van der Waals surface area contributed by atoms with Crippen molar-refractivity contribution in [1.29, 1.82) is 0 Å². The molecule has 3 rings (SSSR count). The smallest absolute Gasteiger partial charge is 0.335 e. The van der Waals surface area contributed by atoms with Gasteiger partial charge in [-0.3, -0.25) is 9.71 Å². The third-order valence-electron chi connectivity index (χ3n) is 4.35. The molecule has 9 nitrogen and oxygen atoms in total. The third kappa shape index (κ3) is 5.70. The monoisotopic (exact) mass is 452 g/mol. The van der Waals surface area contributed by atoms with E-state index in [0.29, 0.717) is 5.69 Å². The van der Waals surface area contributed by atoms with Crippen LogP contribution in [-0.2, 0) is 21.4 Å². The van der Waals surface area contributed by atoms with E-state index in [-0.39, 0.29) is 28.3 Å². The highest BCUT2D eigenvalue weighted by Gasteiger charge is 2.18. The maximum atomic E-state index is 12.7. The number of anilines is 2. The molecule has 0 aliphatic carbocycles. The number of benzene rings is 2. The zero-order valence-corrected chi connectivity index (χ0v) is 17.6. The summed E-state index contributed by atoms with van der Waals surface area (Å²) in [6, 6.07) is 14.7. The Bertz CT molecular complexity index is 1240. The van der Waals surface area contributed by atoms with Crippen LogP contribution in [0.4, 0.5) is 16.2 Å². The number of nitrogens with zero attached hydrogens (tertiary/aromatic N) is 1. The molecule has 0 aliphatic heterocycles. The predicted octanol–water partition coefficient (Wildman–Crippen LogP) is 3.30. The number of hydrogen-bond donors (Lipinski definition) is 4. The van der Waals surface area contributed by atoms with Gasteiger partial charge in [0, 0.05) is 30.2 Å². The van der Waals surface area contributed by atoms with Crippen LogP contribution in [0.3, 0.4) is 0 Å². The summed E-state index contributed by atoms with van der Waals surface area (Å²) >= 11 is 0. The molecular weight excluding hydrogens is 432 g/mol. The van der Waals surface area contributed by atoms with E-state index in [1.165, 1.54) is 36.4 Å². The van der Waals surface area contributed by atoms with Gasteiger partial charge in [0.1, 0.15) is 0 Å². The molecule has 0 unspecified atom stereocenters. The highest BCUT2D eigenvalue weighted by Crippen LogP contribution is 2.26. The first-order chi connectivity index (χ1) is 15.3. The second-order valence-corrected chi connectivity index (χ2v) is 8.31. The molecule has 2 amide bonds. The fraction of sp³-hybridized carbons (Fsp3) is 0.0455. The maximum absolute atomic E-state index is 12.7. The van der Waals surface area contributed by atoms with Crippen molar-refractivity contribution in [2.24, 2.45) is 0 Å². The van der Waals surface area contributed by atoms with Crippen molar-refractivity contribution in [2.75, 3.05) is 10.0 Å². The molecule has 1 heterocycles. The van der Waals surface area contributed by atoms with Gasteiger partial charge in [-0.05, 0) is 42.0 Å². The summed E-state index contributed by atoms with van der Waals surface area (Å²) in [6.07, 6.45) is 3.27. The molecule has 0 fully saturated rings. The van der Waals surface area contributed by atoms with Crippen molar-refractivity contribution in [3.8, 4) is 0 Å². The molecule has 4 N–H and O–H groups in total. The van der Waals surface area contributed by atoms with Gasteiger partial charge in [0.05, 0.1) is 16.2 Å². The minimum absolute atomic E-state index is 0.0606. The van der Waals surface area contributed by atoms with E-state index >= 15 is 0 Å². The summed E-state index contributed by atoms with van der Waals surface area (Å²) in [5.74, 6) is -1.26. The minimum Gasteiger partial charge on any atom is -0.478 e. The number of carboxylic acids is 1. The number of carboxylic acid groups (broad SMARTS) is 1.